The monoisotopic (exact) mass is 338 g/mol. The zero-order chi connectivity index (χ0) is 17.4. The number of nitrogens with one attached hydrogen (secondary N) is 1. The molecule has 1 aliphatic heterocycles. The molecule has 24 heavy (non-hydrogen) atoms. The molecule has 1 aliphatic rings. The second kappa shape index (κ2) is 9.59. The van der Waals surface area contributed by atoms with Gasteiger partial charge in [-0.25, -0.2) is 4.39 Å². The molecule has 1 fully saturated rings. The van der Waals surface area contributed by atoms with Gasteiger partial charge in [0.15, 0.2) is 11.6 Å². The highest BCUT2D eigenvalue weighted by Gasteiger charge is 2.25. The molecule has 1 unspecified atom stereocenters. The van der Waals surface area contributed by atoms with Crippen molar-refractivity contribution < 1.29 is 19.0 Å². The third-order valence-electron chi connectivity index (χ3n) is 4.24. The fourth-order valence-corrected chi connectivity index (χ4v) is 2.87. The molecule has 1 heterocycles. The number of ether oxygens (including phenoxy) is 1. The molecule has 1 aromatic rings. The summed E-state index contributed by atoms with van der Waals surface area (Å²) in [7, 11) is 0. The van der Waals surface area contributed by atoms with E-state index >= 15 is 0 Å². The summed E-state index contributed by atoms with van der Waals surface area (Å²) in [6, 6.07) is 6.16. The number of hydrogen-bond donors (Lipinski definition) is 2. The summed E-state index contributed by atoms with van der Waals surface area (Å²) in [5.74, 6) is -0.0639. The van der Waals surface area contributed by atoms with Crippen LogP contribution in [0.4, 0.5) is 4.39 Å². The van der Waals surface area contributed by atoms with Gasteiger partial charge < -0.3 is 20.1 Å². The predicted molar refractivity (Wildman–Crippen MR) is 90.4 cm³/mol. The number of likely N-dealkylation sites (tertiary alicyclic amines) is 1. The number of amides is 1. The van der Waals surface area contributed by atoms with Crippen LogP contribution < -0.4 is 10.1 Å². The Hall–Kier alpha value is -1.66. The predicted octanol–water partition coefficient (Wildman–Crippen LogP) is 1.80. The van der Waals surface area contributed by atoms with E-state index in [9.17, 15) is 14.3 Å². The lowest BCUT2D eigenvalue weighted by Crippen LogP contribution is -2.44. The van der Waals surface area contributed by atoms with Gasteiger partial charge in [0.05, 0.1) is 0 Å². The Bertz CT molecular complexity index is 519. The topological polar surface area (TPSA) is 61.8 Å². The standard InChI is InChI=1S/C18H27FN2O3/c1-2-9-20-18(23)14-7-10-21(11-8-14)12-15(22)13-24-17-6-4-3-5-16(17)19/h3-6,14-15,22H,2,7-13H2,1H3,(H,20,23). The molecule has 6 heteroatoms. The summed E-state index contributed by atoms with van der Waals surface area (Å²) >= 11 is 0. The number of carbonyl (C=O) groups excluding carboxylic acids is 1. The van der Waals surface area contributed by atoms with Crippen molar-refractivity contribution in [1.82, 2.24) is 10.2 Å². The Balaban J connectivity index is 1.68. The summed E-state index contributed by atoms with van der Waals surface area (Å²) < 4.78 is 18.8. The van der Waals surface area contributed by atoms with Crippen LogP contribution >= 0.6 is 0 Å². The molecule has 1 saturated heterocycles. The van der Waals surface area contributed by atoms with Crippen LogP contribution in [0.5, 0.6) is 5.75 Å². The third kappa shape index (κ3) is 5.76. The van der Waals surface area contributed by atoms with Gasteiger partial charge in [0, 0.05) is 19.0 Å². The third-order valence-corrected chi connectivity index (χ3v) is 4.24. The van der Waals surface area contributed by atoms with Crippen molar-refractivity contribution in [2.75, 3.05) is 32.8 Å². The summed E-state index contributed by atoms with van der Waals surface area (Å²) in [5, 5.41) is 13.0. The zero-order valence-electron chi connectivity index (χ0n) is 14.2. The first kappa shape index (κ1) is 18.7. The van der Waals surface area contributed by atoms with Gasteiger partial charge in [-0.3, -0.25) is 4.79 Å². The zero-order valence-corrected chi connectivity index (χ0v) is 14.2. The Morgan fingerprint density at radius 2 is 2.12 bits per heavy atom. The minimum atomic E-state index is -0.685. The summed E-state index contributed by atoms with van der Waals surface area (Å²) in [4.78, 5) is 14.1. The maximum Gasteiger partial charge on any atom is 0.223 e. The van der Waals surface area contributed by atoms with Crippen molar-refractivity contribution in [1.29, 1.82) is 0 Å². The number of hydrogen-bond acceptors (Lipinski definition) is 4. The van der Waals surface area contributed by atoms with Gasteiger partial charge in [0.25, 0.3) is 0 Å². The minimum Gasteiger partial charge on any atom is -0.488 e. The second-order valence-corrected chi connectivity index (χ2v) is 6.26. The maximum atomic E-state index is 13.5. The minimum absolute atomic E-state index is 0.0534. The number of β-amino-alcohol motifs (C(OH)–C–C–N with tert-alkyl or cyclic N) is 1. The van der Waals surface area contributed by atoms with Gasteiger partial charge in [0.1, 0.15) is 12.7 Å². The van der Waals surface area contributed by atoms with Crippen LogP contribution in [0.1, 0.15) is 26.2 Å². The molecule has 0 spiro atoms. The van der Waals surface area contributed by atoms with Gasteiger partial charge >= 0.3 is 0 Å². The second-order valence-electron chi connectivity index (χ2n) is 6.26. The van der Waals surface area contributed by atoms with Gasteiger partial charge in [-0.1, -0.05) is 19.1 Å². The van der Waals surface area contributed by atoms with E-state index < -0.39 is 11.9 Å². The van der Waals surface area contributed by atoms with E-state index in [0.29, 0.717) is 6.54 Å². The highest BCUT2D eigenvalue weighted by Crippen LogP contribution is 2.18. The number of aliphatic hydroxyl groups excluding tert-OH is 1. The first-order valence-electron chi connectivity index (χ1n) is 8.65. The van der Waals surface area contributed by atoms with E-state index in [4.69, 9.17) is 4.74 Å². The van der Waals surface area contributed by atoms with Gasteiger partial charge in [-0.05, 0) is 44.5 Å². The normalized spacial score (nSPS) is 17.5. The molecule has 1 amide bonds. The van der Waals surface area contributed by atoms with Crippen molar-refractivity contribution in [3.63, 3.8) is 0 Å². The van der Waals surface area contributed by atoms with Crippen molar-refractivity contribution in [2.45, 2.75) is 32.3 Å². The van der Waals surface area contributed by atoms with E-state index in [-0.39, 0.29) is 24.2 Å². The van der Waals surface area contributed by atoms with Crippen molar-refractivity contribution in [3.8, 4) is 5.75 Å². The lowest BCUT2D eigenvalue weighted by Gasteiger charge is -2.32. The molecular formula is C18H27FN2O3. The SMILES string of the molecule is CCCNC(=O)C1CCN(CC(O)COc2ccccc2F)CC1. The number of carbonyl (C=O) groups is 1. The molecule has 1 atom stereocenters. The van der Waals surface area contributed by atoms with Crippen LogP contribution in [-0.2, 0) is 4.79 Å². The van der Waals surface area contributed by atoms with Crippen molar-refractivity contribution in [2.24, 2.45) is 5.92 Å². The molecule has 5 nitrogen and oxygen atoms in total. The molecule has 0 aromatic heterocycles. The van der Waals surface area contributed by atoms with Gasteiger partial charge in [0.2, 0.25) is 5.91 Å². The van der Waals surface area contributed by atoms with Crippen LogP contribution in [0.15, 0.2) is 24.3 Å². The van der Waals surface area contributed by atoms with Crippen molar-refractivity contribution in [3.05, 3.63) is 30.1 Å². The van der Waals surface area contributed by atoms with E-state index in [1.807, 2.05) is 6.92 Å². The van der Waals surface area contributed by atoms with Crippen LogP contribution in [-0.4, -0.2) is 54.8 Å². The van der Waals surface area contributed by atoms with Crippen LogP contribution in [0, 0.1) is 11.7 Å². The number of nitrogens with zero attached hydrogens (tertiary/aromatic N) is 1. The number of benzene rings is 1. The maximum absolute atomic E-state index is 13.5. The highest BCUT2D eigenvalue weighted by atomic mass is 19.1. The van der Waals surface area contributed by atoms with Crippen LogP contribution in [0.3, 0.4) is 0 Å². The smallest absolute Gasteiger partial charge is 0.223 e. The summed E-state index contributed by atoms with van der Waals surface area (Å²) in [5.41, 5.74) is 0. The largest absolute Gasteiger partial charge is 0.488 e. The number of halogens is 1. The lowest BCUT2D eigenvalue weighted by atomic mass is 9.95. The Labute approximate surface area is 142 Å². The van der Waals surface area contributed by atoms with Gasteiger partial charge in [-0.2, -0.15) is 0 Å². The Kier molecular flexibility index (Phi) is 7.46. The molecule has 0 saturated carbocycles. The number of rotatable bonds is 8. The molecule has 0 radical (unpaired) electrons. The molecule has 0 aliphatic carbocycles. The van der Waals surface area contributed by atoms with Crippen LogP contribution in [0.2, 0.25) is 0 Å². The number of para-hydroxylation sites is 1. The summed E-state index contributed by atoms with van der Waals surface area (Å²) in [6.07, 6.45) is 1.86. The number of aliphatic hydroxyl groups is 1. The Morgan fingerprint density at radius 1 is 1.42 bits per heavy atom. The fourth-order valence-electron chi connectivity index (χ4n) is 2.87. The average Bonchev–Trinajstić information content (AvgIpc) is 2.59. The first-order chi connectivity index (χ1) is 11.6. The van der Waals surface area contributed by atoms with E-state index in [1.54, 1.807) is 18.2 Å². The summed E-state index contributed by atoms with van der Waals surface area (Å²) in [6.45, 7) is 4.84. The molecule has 0 bridgehead atoms. The average molecular weight is 338 g/mol. The molecule has 2 rings (SSSR count). The van der Waals surface area contributed by atoms with E-state index in [2.05, 4.69) is 10.2 Å². The molecular weight excluding hydrogens is 311 g/mol. The molecule has 2 N–H and O–H groups in total. The highest BCUT2D eigenvalue weighted by molar-refractivity contribution is 5.78. The Morgan fingerprint density at radius 3 is 2.79 bits per heavy atom. The number of piperidine rings is 1. The first-order valence-corrected chi connectivity index (χ1v) is 8.65. The molecule has 1 aromatic carbocycles. The lowest BCUT2D eigenvalue weighted by molar-refractivity contribution is -0.126. The van der Waals surface area contributed by atoms with Crippen LogP contribution in [0.25, 0.3) is 0 Å². The fraction of sp³-hybridized carbons (Fsp3) is 0.611. The van der Waals surface area contributed by atoms with E-state index in [1.165, 1.54) is 6.07 Å². The van der Waals surface area contributed by atoms with Gasteiger partial charge in [-0.15, -0.1) is 0 Å². The quantitative estimate of drug-likeness (QED) is 0.759. The molecule has 134 valence electrons. The van der Waals surface area contributed by atoms with Crippen molar-refractivity contribution >= 4 is 5.91 Å². The van der Waals surface area contributed by atoms with E-state index in [0.717, 1.165) is 38.9 Å².